The van der Waals surface area contributed by atoms with E-state index < -0.39 is 30.1 Å². The molecule has 3 rings (SSSR count). The molecule has 0 spiro atoms. The molecule has 26 heavy (non-hydrogen) atoms. The summed E-state index contributed by atoms with van der Waals surface area (Å²) in [7, 11) is 0. The van der Waals surface area contributed by atoms with E-state index >= 15 is 0 Å². The Morgan fingerprint density at radius 1 is 1.27 bits per heavy atom. The molecule has 0 bridgehead atoms. The van der Waals surface area contributed by atoms with Crippen molar-refractivity contribution in [3.8, 4) is 0 Å². The Morgan fingerprint density at radius 2 is 2.04 bits per heavy atom. The van der Waals surface area contributed by atoms with Gasteiger partial charge in [0.1, 0.15) is 18.1 Å². The maximum absolute atomic E-state index is 12.6. The zero-order valence-electron chi connectivity index (χ0n) is 15.2. The second kappa shape index (κ2) is 8.64. The van der Waals surface area contributed by atoms with E-state index in [1.165, 1.54) is 12.5 Å². The van der Waals surface area contributed by atoms with Gasteiger partial charge < -0.3 is 14.6 Å². The molecule has 1 aromatic carbocycles. The SMILES string of the molecule is CC(=O)O[C@H]1CCOC(=O)[C@H]([C@H]2CCCCN2Cc2ccccc2)[C@@H]1O. The van der Waals surface area contributed by atoms with E-state index in [1.54, 1.807) is 0 Å². The third kappa shape index (κ3) is 4.43. The smallest absolute Gasteiger partial charge is 0.313 e. The van der Waals surface area contributed by atoms with E-state index in [0.717, 1.165) is 32.4 Å². The number of likely N-dealkylation sites (tertiary alicyclic amines) is 1. The van der Waals surface area contributed by atoms with E-state index in [0.29, 0.717) is 6.42 Å². The van der Waals surface area contributed by atoms with Gasteiger partial charge in [0.25, 0.3) is 0 Å². The van der Waals surface area contributed by atoms with Gasteiger partial charge in [-0.1, -0.05) is 36.8 Å². The number of benzene rings is 1. The van der Waals surface area contributed by atoms with Crippen LogP contribution < -0.4 is 0 Å². The van der Waals surface area contributed by atoms with Gasteiger partial charge in [-0.25, -0.2) is 0 Å². The number of rotatable bonds is 4. The molecule has 1 N–H and O–H groups in total. The molecule has 6 nitrogen and oxygen atoms in total. The van der Waals surface area contributed by atoms with E-state index in [1.807, 2.05) is 18.2 Å². The Kier molecular flexibility index (Phi) is 6.27. The average Bonchev–Trinajstić information content (AvgIpc) is 2.75. The molecule has 2 aliphatic rings. The summed E-state index contributed by atoms with van der Waals surface area (Å²) in [6.07, 6.45) is 1.46. The minimum atomic E-state index is -1.05. The number of esters is 2. The average molecular weight is 361 g/mol. The molecule has 6 heteroatoms. The van der Waals surface area contributed by atoms with Crippen LogP contribution in [0.4, 0.5) is 0 Å². The summed E-state index contributed by atoms with van der Waals surface area (Å²) in [6.45, 7) is 3.07. The number of nitrogens with zero attached hydrogens (tertiary/aromatic N) is 1. The van der Waals surface area contributed by atoms with Crippen LogP contribution in [-0.2, 0) is 25.6 Å². The van der Waals surface area contributed by atoms with Gasteiger partial charge in [-0.2, -0.15) is 0 Å². The summed E-state index contributed by atoms with van der Waals surface area (Å²) in [6, 6.07) is 9.99. The zero-order chi connectivity index (χ0) is 18.5. The molecule has 1 aromatic rings. The summed E-state index contributed by atoms with van der Waals surface area (Å²) in [5.41, 5.74) is 1.17. The maximum Gasteiger partial charge on any atom is 0.313 e. The topological polar surface area (TPSA) is 76.1 Å². The van der Waals surface area contributed by atoms with Crippen LogP contribution in [0.3, 0.4) is 0 Å². The molecule has 0 saturated carbocycles. The highest BCUT2D eigenvalue weighted by Gasteiger charge is 2.45. The Hall–Kier alpha value is -1.92. The summed E-state index contributed by atoms with van der Waals surface area (Å²) in [5, 5.41) is 10.9. The molecular formula is C20H27NO5. The molecule has 0 radical (unpaired) electrons. The molecular weight excluding hydrogens is 334 g/mol. The highest BCUT2D eigenvalue weighted by atomic mass is 16.6. The molecule has 2 aliphatic heterocycles. The highest BCUT2D eigenvalue weighted by Crippen LogP contribution is 2.32. The first-order chi connectivity index (χ1) is 12.6. The molecule has 0 amide bonds. The molecule has 0 aromatic heterocycles. The predicted molar refractivity (Wildman–Crippen MR) is 95.1 cm³/mol. The van der Waals surface area contributed by atoms with E-state index in [9.17, 15) is 14.7 Å². The molecule has 2 heterocycles. The Balaban J connectivity index is 1.81. The fraction of sp³-hybridized carbons (Fsp3) is 0.600. The summed E-state index contributed by atoms with van der Waals surface area (Å²) in [5.74, 6) is -1.55. The van der Waals surface area contributed by atoms with Gasteiger partial charge in [-0.3, -0.25) is 14.5 Å². The number of hydrogen-bond acceptors (Lipinski definition) is 6. The standard InChI is InChI=1S/C20H27NO5/c1-14(22)26-17-10-12-25-20(24)18(19(17)23)16-9-5-6-11-21(16)13-15-7-3-2-4-8-15/h2-4,7-8,16-19,23H,5-6,9-13H2,1H3/t16-,17+,18-,19-/m1/s1. The second-order valence-corrected chi connectivity index (χ2v) is 7.14. The maximum atomic E-state index is 12.6. The molecule has 4 atom stereocenters. The molecule has 142 valence electrons. The minimum absolute atomic E-state index is 0.123. The first kappa shape index (κ1) is 18.9. The lowest BCUT2D eigenvalue weighted by Gasteiger charge is -2.41. The van der Waals surface area contributed by atoms with Crippen molar-refractivity contribution < 1.29 is 24.2 Å². The highest BCUT2D eigenvalue weighted by molar-refractivity contribution is 5.74. The third-order valence-electron chi connectivity index (χ3n) is 5.29. The van der Waals surface area contributed by atoms with Crippen molar-refractivity contribution in [1.29, 1.82) is 0 Å². The lowest BCUT2D eigenvalue weighted by atomic mass is 9.84. The number of carbonyl (C=O) groups excluding carboxylic acids is 2. The van der Waals surface area contributed by atoms with Crippen LogP contribution in [-0.4, -0.2) is 53.3 Å². The van der Waals surface area contributed by atoms with Gasteiger partial charge in [0.2, 0.25) is 0 Å². The van der Waals surface area contributed by atoms with Crippen molar-refractivity contribution >= 4 is 11.9 Å². The second-order valence-electron chi connectivity index (χ2n) is 7.14. The van der Waals surface area contributed by atoms with Gasteiger partial charge >= 0.3 is 11.9 Å². The normalized spacial score (nSPS) is 30.3. The van der Waals surface area contributed by atoms with Crippen LogP contribution in [0.15, 0.2) is 30.3 Å². The first-order valence-corrected chi connectivity index (χ1v) is 9.36. The Bertz CT molecular complexity index is 620. The summed E-state index contributed by atoms with van der Waals surface area (Å²) < 4.78 is 10.6. The van der Waals surface area contributed by atoms with Crippen molar-refractivity contribution in [2.24, 2.45) is 5.92 Å². The van der Waals surface area contributed by atoms with Gasteiger partial charge in [0.05, 0.1) is 6.61 Å². The number of cyclic esters (lactones) is 1. The fourth-order valence-electron chi connectivity index (χ4n) is 4.08. The van der Waals surface area contributed by atoms with Crippen molar-refractivity contribution in [3.05, 3.63) is 35.9 Å². The predicted octanol–water partition coefficient (Wildman–Crippen LogP) is 1.90. The van der Waals surface area contributed by atoms with Gasteiger partial charge in [-0.15, -0.1) is 0 Å². The fourth-order valence-corrected chi connectivity index (χ4v) is 4.08. The van der Waals surface area contributed by atoms with Crippen LogP contribution in [0.5, 0.6) is 0 Å². The first-order valence-electron chi connectivity index (χ1n) is 9.36. The zero-order valence-corrected chi connectivity index (χ0v) is 15.2. The largest absolute Gasteiger partial charge is 0.465 e. The van der Waals surface area contributed by atoms with E-state index in [2.05, 4.69) is 17.0 Å². The van der Waals surface area contributed by atoms with Crippen molar-refractivity contribution in [2.75, 3.05) is 13.2 Å². The number of aliphatic hydroxyl groups excluding tert-OH is 1. The summed E-state index contributed by atoms with van der Waals surface area (Å²) in [4.78, 5) is 26.2. The monoisotopic (exact) mass is 361 g/mol. The summed E-state index contributed by atoms with van der Waals surface area (Å²) >= 11 is 0. The Morgan fingerprint density at radius 3 is 2.77 bits per heavy atom. The van der Waals surface area contributed by atoms with Crippen LogP contribution in [0.2, 0.25) is 0 Å². The van der Waals surface area contributed by atoms with Crippen molar-refractivity contribution in [1.82, 2.24) is 4.90 Å². The van der Waals surface area contributed by atoms with Gasteiger partial charge in [0.15, 0.2) is 0 Å². The third-order valence-corrected chi connectivity index (χ3v) is 5.29. The number of piperidine rings is 1. The number of ether oxygens (including phenoxy) is 2. The molecule has 0 aliphatic carbocycles. The van der Waals surface area contributed by atoms with Crippen LogP contribution in [0.1, 0.15) is 38.2 Å². The lowest BCUT2D eigenvalue weighted by molar-refractivity contribution is -0.162. The van der Waals surface area contributed by atoms with Gasteiger partial charge in [-0.05, 0) is 24.9 Å². The minimum Gasteiger partial charge on any atom is -0.465 e. The molecule has 0 unspecified atom stereocenters. The van der Waals surface area contributed by atoms with Crippen molar-refractivity contribution in [3.63, 3.8) is 0 Å². The van der Waals surface area contributed by atoms with E-state index in [-0.39, 0.29) is 12.6 Å². The lowest BCUT2D eigenvalue weighted by Crippen LogP contribution is -2.52. The molecule has 2 saturated heterocycles. The quantitative estimate of drug-likeness (QED) is 0.826. The van der Waals surface area contributed by atoms with Gasteiger partial charge in [0, 0.05) is 25.9 Å². The number of hydrogen-bond donors (Lipinski definition) is 1. The number of carbonyl (C=O) groups is 2. The van der Waals surface area contributed by atoms with Crippen LogP contribution >= 0.6 is 0 Å². The van der Waals surface area contributed by atoms with Crippen LogP contribution in [0, 0.1) is 5.92 Å². The van der Waals surface area contributed by atoms with E-state index in [4.69, 9.17) is 9.47 Å². The Labute approximate surface area is 154 Å². The van der Waals surface area contributed by atoms with Crippen molar-refractivity contribution in [2.45, 2.75) is 57.4 Å². The van der Waals surface area contributed by atoms with Crippen LogP contribution in [0.25, 0.3) is 0 Å². The molecule has 2 fully saturated rings. The number of aliphatic hydroxyl groups is 1.